The zero-order chi connectivity index (χ0) is 15.8. The zero-order valence-corrected chi connectivity index (χ0v) is 14.8. The van der Waals surface area contributed by atoms with Gasteiger partial charge in [-0.2, -0.15) is 0 Å². The van der Waals surface area contributed by atoms with Crippen LogP contribution in [0.4, 0.5) is 5.69 Å². The van der Waals surface area contributed by atoms with Crippen LogP contribution in [0, 0.1) is 5.92 Å². The minimum absolute atomic E-state index is 0.300. The van der Waals surface area contributed by atoms with Gasteiger partial charge in [-0.25, -0.2) is 0 Å². The zero-order valence-electron chi connectivity index (χ0n) is 13.9. The van der Waals surface area contributed by atoms with Crippen LogP contribution >= 0.6 is 11.3 Å². The van der Waals surface area contributed by atoms with Crippen LogP contribution in [-0.2, 0) is 12.8 Å². The molecule has 122 valence electrons. The predicted molar refractivity (Wildman–Crippen MR) is 100.0 cm³/mol. The Bertz CT molecular complexity index is 773. The molecule has 2 aliphatic rings. The summed E-state index contributed by atoms with van der Waals surface area (Å²) in [5.41, 5.74) is 2.71. The smallest absolute Gasteiger partial charge is 0.191 e. The number of piperidine rings is 1. The summed E-state index contributed by atoms with van der Waals surface area (Å²) in [6.07, 6.45) is 8.42. The first-order valence-corrected chi connectivity index (χ1v) is 9.91. The molecule has 1 unspecified atom stereocenters. The van der Waals surface area contributed by atoms with Gasteiger partial charge in [0.1, 0.15) is 0 Å². The van der Waals surface area contributed by atoms with E-state index in [2.05, 4.69) is 30.0 Å². The third kappa shape index (κ3) is 2.80. The summed E-state index contributed by atoms with van der Waals surface area (Å²) in [6.45, 7) is 4.58. The number of hydrogen-bond acceptors (Lipinski definition) is 3. The van der Waals surface area contributed by atoms with Crippen molar-refractivity contribution in [2.45, 2.75) is 51.9 Å². The molecule has 1 aromatic heterocycles. The fourth-order valence-corrected chi connectivity index (χ4v) is 5.45. The largest absolute Gasteiger partial charge is 0.371 e. The number of benzene rings is 1. The normalized spacial score (nSPS) is 21.4. The minimum Gasteiger partial charge on any atom is -0.371 e. The molecule has 0 amide bonds. The summed E-state index contributed by atoms with van der Waals surface area (Å²) in [4.78, 5) is 16.7. The molecule has 1 fully saturated rings. The van der Waals surface area contributed by atoms with Gasteiger partial charge in [-0.3, -0.25) is 4.79 Å². The molecule has 1 aromatic carbocycles. The van der Waals surface area contributed by atoms with Gasteiger partial charge in [0.05, 0.1) is 0 Å². The first-order valence-electron chi connectivity index (χ1n) is 9.10. The van der Waals surface area contributed by atoms with E-state index in [-0.39, 0.29) is 0 Å². The molecule has 0 spiro atoms. The van der Waals surface area contributed by atoms with Crippen molar-refractivity contribution in [1.82, 2.24) is 0 Å². The molecule has 0 N–H and O–H groups in total. The van der Waals surface area contributed by atoms with Crippen LogP contribution in [0.2, 0.25) is 0 Å². The van der Waals surface area contributed by atoms with Crippen LogP contribution in [0.3, 0.4) is 0 Å². The number of fused-ring (bicyclic) bond motifs is 2. The van der Waals surface area contributed by atoms with Crippen molar-refractivity contribution >= 4 is 27.1 Å². The standard InChI is InChI=1S/C20H25NOS/c1-2-14-6-8-16-18(12-14)23-19-13-15(7-9-17(19)20(16)22)21-10-4-3-5-11-21/h7,9,13-14H,2-6,8,10-12H2,1H3. The number of hydrogen-bond donors (Lipinski definition) is 0. The molecule has 1 saturated heterocycles. The Kier molecular flexibility index (Phi) is 4.14. The van der Waals surface area contributed by atoms with E-state index in [9.17, 15) is 4.79 Å². The maximum Gasteiger partial charge on any atom is 0.191 e. The van der Waals surface area contributed by atoms with Gasteiger partial charge < -0.3 is 4.90 Å². The predicted octanol–water partition coefficient (Wildman–Crippen LogP) is 4.77. The topological polar surface area (TPSA) is 20.3 Å². The summed E-state index contributed by atoms with van der Waals surface area (Å²) < 4.78 is 1.19. The van der Waals surface area contributed by atoms with Gasteiger partial charge in [0, 0.05) is 39.3 Å². The van der Waals surface area contributed by atoms with E-state index in [4.69, 9.17) is 0 Å². The number of anilines is 1. The highest BCUT2D eigenvalue weighted by Gasteiger charge is 2.22. The maximum absolute atomic E-state index is 12.8. The molecule has 2 nitrogen and oxygen atoms in total. The fourth-order valence-electron chi connectivity index (χ4n) is 4.09. The SMILES string of the molecule is CCC1CCc2c(sc3cc(N4CCCCC4)ccc3c2=O)C1. The highest BCUT2D eigenvalue weighted by atomic mass is 32.1. The van der Waals surface area contributed by atoms with Crippen molar-refractivity contribution in [1.29, 1.82) is 0 Å². The number of nitrogens with zero attached hydrogens (tertiary/aromatic N) is 1. The van der Waals surface area contributed by atoms with Gasteiger partial charge in [0.15, 0.2) is 5.43 Å². The molecule has 1 atom stereocenters. The van der Waals surface area contributed by atoms with Crippen molar-refractivity contribution in [2.75, 3.05) is 18.0 Å². The molecule has 0 saturated carbocycles. The molecule has 2 aromatic rings. The Morgan fingerprint density at radius 2 is 2.04 bits per heavy atom. The first kappa shape index (κ1) is 15.2. The van der Waals surface area contributed by atoms with Gasteiger partial charge in [-0.15, -0.1) is 11.3 Å². The summed E-state index contributed by atoms with van der Waals surface area (Å²) in [5.74, 6) is 0.765. The molecule has 1 aliphatic carbocycles. The van der Waals surface area contributed by atoms with Crippen LogP contribution in [0.1, 0.15) is 49.5 Å². The molecular formula is C20H25NOS. The summed E-state index contributed by atoms with van der Waals surface area (Å²) in [6, 6.07) is 6.50. The van der Waals surface area contributed by atoms with Crippen LogP contribution in [0.25, 0.3) is 10.1 Å². The summed E-state index contributed by atoms with van der Waals surface area (Å²) in [5, 5.41) is 0.935. The molecule has 2 heterocycles. The third-order valence-corrected chi connectivity index (χ3v) is 6.85. The van der Waals surface area contributed by atoms with E-state index < -0.39 is 0 Å². The van der Waals surface area contributed by atoms with Crippen LogP contribution in [0.15, 0.2) is 23.0 Å². The molecule has 0 radical (unpaired) electrons. The van der Waals surface area contributed by atoms with E-state index in [1.807, 2.05) is 11.3 Å². The summed E-state index contributed by atoms with van der Waals surface area (Å²) in [7, 11) is 0. The van der Waals surface area contributed by atoms with E-state index >= 15 is 0 Å². The van der Waals surface area contributed by atoms with Crippen LogP contribution < -0.4 is 10.3 Å². The third-order valence-electron chi connectivity index (χ3n) is 5.63. The van der Waals surface area contributed by atoms with E-state index in [0.29, 0.717) is 5.43 Å². The Balaban J connectivity index is 1.77. The second-order valence-electron chi connectivity index (χ2n) is 7.08. The molecule has 3 heteroatoms. The molecule has 4 rings (SSSR count). The lowest BCUT2D eigenvalue weighted by Crippen LogP contribution is -2.29. The summed E-state index contributed by atoms with van der Waals surface area (Å²) >= 11 is 1.87. The van der Waals surface area contributed by atoms with Gasteiger partial charge in [0.2, 0.25) is 0 Å². The van der Waals surface area contributed by atoms with Crippen molar-refractivity contribution < 1.29 is 0 Å². The van der Waals surface area contributed by atoms with Crippen molar-refractivity contribution in [2.24, 2.45) is 5.92 Å². The van der Waals surface area contributed by atoms with Crippen molar-refractivity contribution in [3.8, 4) is 0 Å². The molecule has 23 heavy (non-hydrogen) atoms. The van der Waals surface area contributed by atoms with Crippen molar-refractivity contribution in [3.63, 3.8) is 0 Å². The second-order valence-corrected chi connectivity index (χ2v) is 8.21. The van der Waals surface area contributed by atoms with Gasteiger partial charge >= 0.3 is 0 Å². The Morgan fingerprint density at radius 3 is 2.83 bits per heavy atom. The average Bonchev–Trinajstić information content (AvgIpc) is 2.61. The minimum atomic E-state index is 0.300. The molecule has 1 aliphatic heterocycles. The maximum atomic E-state index is 12.8. The van der Waals surface area contributed by atoms with E-state index in [0.717, 1.165) is 42.8 Å². The highest BCUT2D eigenvalue weighted by Crippen LogP contribution is 2.33. The van der Waals surface area contributed by atoms with Crippen molar-refractivity contribution in [3.05, 3.63) is 38.9 Å². The van der Waals surface area contributed by atoms with Gasteiger partial charge in [0.25, 0.3) is 0 Å². The lowest BCUT2D eigenvalue weighted by Gasteiger charge is -2.29. The quantitative estimate of drug-likeness (QED) is 0.792. The highest BCUT2D eigenvalue weighted by molar-refractivity contribution is 7.18. The van der Waals surface area contributed by atoms with Gasteiger partial charge in [-0.1, -0.05) is 13.3 Å². The Hall–Kier alpha value is -1.35. The van der Waals surface area contributed by atoms with Gasteiger partial charge in [-0.05, 0) is 62.6 Å². The lowest BCUT2D eigenvalue weighted by molar-refractivity contribution is 0.448. The lowest BCUT2D eigenvalue weighted by atomic mass is 9.87. The molecule has 0 bridgehead atoms. The second kappa shape index (κ2) is 6.27. The Labute approximate surface area is 142 Å². The number of rotatable bonds is 2. The Morgan fingerprint density at radius 1 is 1.22 bits per heavy atom. The average molecular weight is 327 g/mol. The van der Waals surface area contributed by atoms with E-state index in [1.165, 1.54) is 47.4 Å². The van der Waals surface area contributed by atoms with Crippen LogP contribution in [-0.4, -0.2) is 13.1 Å². The van der Waals surface area contributed by atoms with Crippen LogP contribution in [0.5, 0.6) is 0 Å². The van der Waals surface area contributed by atoms with E-state index in [1.54, 1.807) is 0 Å². The fraction of sp³-hybridized carbons (Fsp3) is 0.550. The molecular weight excluding hydrogens is 302 g/mol. The monoisotopic (exact) mass is 327 g/mol. The first-order chi connectivity index (χ1) is 11.3.